The molecular formula is C16H19N3O2. The van der Waals surface area contributed by atoms with Gasteiger partial charge in [-0.15, -0.1) is 0 Å². The zero-order chi connectivity index (χ0) is 14.8. The van der Waals surface area contributed by atoms with Gasteiger partial charge in [0.05, 0.1) is 12.2 Å². The van der Waals surface area contributed by atoms with Gasteiger partial charge in [-0.1, -0.05) is 30.3 Å². The van der Waals surface area contributed by atoms with Crippen LogP contribution in [-0.4, -0.2) is 38.6 Å². The van der Waals surface area contributed by atoms with E-state index in [1.807, 2.05) is 29.8 Å². The number of aryl methyl sites for hydroxylation is 1. The molecule has 0 saturated carbocycles. The molecule has 3 rings (SSSR count). The monoisotopic (exact) mass is 285 g/mol. The highest BCUT2D eigenvalue weighted by atomic mass is 16.4. The van der Waals surface area contributed by atoms with Crippen molar-refractivity contribution < 1.29 is 9.90 Å². The van der Waals surface area contributed by atoms with Crippen LogP contribution in [0.3, 0.4) is 0 Å². The van der Waals surface area contributed by atoms with E-state index in [4.69, 9.17) is 0 Å². The van der Waals surface area contributed by atoms with E-state index < -0.39 is 5.97 Å². The number of rotatable bonds is 4. The standard InChI is InChI=1S/C16H19N3O2/c1-18-11-17-7-15(18)13-9-19(10-14(13)16(20)21)8-12-5-3-2-4-6-12/h2-7,11,13-14H,8-10H2,1H3,(H,20,21). The molecule has 2 atom stereocenters. The average Bonchev–Trinajstić information content (AvgIpc) is 3.06. The van der Waals surface area contributed by atoms with Gasteiger partial charge in [-0.05, 0) is 5.56 Å². The molecule has 1 saturated heterocycles. The lowest BCUT2D eigenvalue weighted by molar-refractivity contribution is -0.141. The predicted octanol–water partition coefficient (Wildman–Crippen LogP) is 1.72. The summed E-state index contributed by atoms with van der Waals surface area (Å²) in [4.78, 5) is 17.9. The Morgan fingerprint density at radius 2 is 2.10 bits per heavy atom. The maximum Gasteiger partial charge on any atom is 0.308 e. The van der Waals surface area contributed by atoms with Crippen molar-refractivity contribution >= 4 is 5.97 Å². The molecule has 0 spiro atoms. The second-order valence-electron chi connectivity index (χ2n) is 5.66. The Bertz CT molecular complexity index is 623. The number of hydrogen-bond acceptors (Lipinski definition) is 3. The molecule has 5 heteroatoms. The molecule has 110 valence electrons. The fourth-order valence-electron chi connectivity index (χ4n) is 3.13. The zero-order valence-corrected chi connectivity index (χ0v) is 12.0. The third-order valence-corrected chi connectivity index (χ3v) is 4.20. The molecule has 0 aliphatic carbocycles. The van der Waals surface area contributed by atoms with Gasteiger partial charge in [-0.25, -0.2) is 4.98 Å². The van der Waals surface area contributed by atoms with E-state index >= 15 is 0 Å². The van der Waals surface area contributed by atoms with E-state index in [1.165, 1.54) is 5.56 Å². The third kappa shape index (κ3) is 2.83. The number of nitrogens with zero attached hydrogens (tertiary/aromatic N) is 3. The fraction of sp³-hybridized carbons (Fsp3) is 0.375. The Balaban J connectivity index is 1.78. The summed E-state index contributed by atoms with van der Waals surface area (Å²) in [6.07, 6.45) is 3.51. The lowest BCUT2D eigenvalue weighted by atomic mass is 9.93. The first-order chi connectivity index (χ1) is 10.1. The summed E-state index contributed by atoms with van der Waals surface area (Å²) in [5.74, 6) is -1.10. The molecular weight excluding hydrogens is 266 g/mol. The zero-order valence-electron chi connectivity index (χ0n) is 12.0. The third-order valence-electron chi connectivity index (χ3n) is 4.20. The lowest BCUT2D eigenvalue weighted by Gasteiger charge is -2.16. The number of imidazole rings is 1. The molecule has 1 aliphatic rings. The predicted molar refractivity (Wildman–Crippen MR) is 78.8 cm³/mol. The maximum absolute atomic E-state index is 11.6. The van der Waals surface area contributed by atoms with Gasteiger partial charge in [0.15, 0.2) is 0 Å². The Morgan fingerprint density at radius 3 is 2.71 bits per heavy atom. The van der Waals surface area contributed by atoms with Gasteiger partial charge in [0.2, 0.25) is 0 Å². The van der Waals surface area contributed by atoms with Crippen LogP contribution in [0.15, 0.2) is 42.9 Å². The molecule has 21 heavy (non-hydrogen) atoms. The minimum Gasteiger partial charge on any atom is -0.481 e. The van der Waals surface area contributed by atoms with E-state index in [-0.39, 0.29) is 11.8 Å². The van der Waals surface area contributed by atoms with Crippen LogP contribution >= 0.6 is 0 Å². The second kappa shape index (κ2) is 5.69. The summed E-state index contributed by atoms with van der Waals surface area (Å²) in [6.45, 7) is 2.13. The molecule has 2 aromatic rings. The van der Waals surface area contributed by atoms with Gasteiger partial charge in [-0.3, -0.25) is 9.69 Å². The lowest BCUT2D eigenvalue weighted by Crippen LogP contribution is -2.23. The van der Waals surface area contributed by atoms with Crippen molar-refractivity contribution in [1.29, 1.82) is 0 Å². The molecule has 2 unspecified atom stereocenters. The first kappa shape index (κ1) is 13.8. The minimum atomic E-state index is -0.725. The Kier molecular flexibility index (Phi) is 3.75. The Hall–Kier alpha value is -2.14. The first-order valence-electron chi connectivity index (χ1n) is 7.10. The largest absolute Gasteiger partial charge is 0.481 e. The van der Waals surface area contributed by atoms with Gasteiger partial charge in [0, 0.05) is 44.5 Å². The van der Waals surface area contributed by atoms with Crippen molar-refractivity contribution in [3.63, 3.8) is 0 Å². The Labute approximate surface area is 123 Å². The van der Waals surface area contributed by atoms with Gasteiger partial charge in [0.25, 0.3) is 0 Å². The van der Waals surface area contributed by atoms with Crippen molar-refractivity contribution in [3.05, 3.63) is 54.1 Å². The number of likely N-dealkylation sites (tertiary alicyclic amines) is 1. The quantitative estimate of drug-likeness (QED) is 0.929. The SMILES string of the molecule is Cn1cncc1C1CN(Cc2ccccc2)CC1C(=O)O. The maximum atomic E-state index is 11.6. The molecule has 1 aromatic heterocycles. The number of carboxylic acid groups (broad SMARTS) is 1. The second-order valence-corrected chi connectivity index (χ2v) is 5.66. The van der Waals surface area contributed by atoms with Crippen LogP contribution in [0.25, 0.3) is 0 Å². The molecule has 0 amide bonds. The summed E-state index contributed by atoms with van der Waals surface area (Å²) in [6, 6.07) is 10.2. The minimum absolute atomic E-state index is 0.00119. The molecule has 5 nitrogen and oxygen atoms in total. The van der Waals surface area contributed by atoms with Crippen LogP contribution in [0, 0.1) is 5.92 Å². The van der Waals surface area contributed by atoms with Crippen molar-refractivity contribution in [2.24, 2.45) is 13.0 Å². The molecule has 1 fully saturated rings. The van der Waals surface area contributed by atoms with Crippen LogP contribution in [0.2, 0.25) is 0 Å². The van der Waals surface area contributed by atoms with E-state index in [9.17, 15) is 9.90 Å². The number of hydrogen-bond donors (Lipinski definition) is 1. The van der Waals surface area contributed by atoms with Crippen LogP contribution in [-0.2, 0) is 18.4 Å². The van der Waals surface area contributed by atoms with E-state index in [0.29, 0.717) is 6.54 Å². The van der Waals surface area contributed by atoms with Crippen molar-refractivity contribution in [2.45, 2.75) is 12.5 Å². The highest BCUT2D eigenvalue weighted by Crippen LogP contribution is 2.33. The number of carbonyl (C=O) groups is 1. The number of aromatic nitrogens is 2. The van der Waals surface area contributed by atoms with Gasteiger partial charge in [-0.2, -0.15) is 0 Å². The van der Waals surface area contributed by atoms with Crippen molar-refractivity contribution in [1.82, 2.24) is 14.5 Å². The summed E-state index contributed by atoms with van der Waals surface area (Å²) >= 11 is 0. The summed E-state index contributed by atoms with van der Waals surface area (Å²) in [5.41, 5.74) is 2.21. The van der Waals surface area contributed by atoms with E-state index in [1.54, 1.807) is 12.5 Å². The highest BCUT2D eigenvalue weighted by molar-refractivity contribution is 5.72. The summed E-state index contributed by atoms with van der Waals surface area (Å²) < 4.78 is 1.92. The summed E-state index contributed by atoms with van der Waals surface area (Å²) in [5, 5.41) is 9.50. The number of benzene rings is 1. The van der Waals surface area contributed by atoms with Crippen LogP contribution in [0.5, 0.6) is 0 Å². The molecule has 0 radical (unpaired) electrons. The normalized spacial score (nSPS) is 22.5. The van der Waals surface area contributed by atoms with E-state index in [2.05, 4.69) is 22.0 Å². The number of carboxylic acids is 1. The average molecular weight is 285 g/mol. The van der Waals surface area contributed by atoms with Crippen molar-refractivity contribution in [2.75, 3.05) is 13.1 Å². The molecule has 1 aliphatic heterocycles. The van der Waals surface area contributed by atoms with Gasteiger partial charge < -0.3 is 9.67 Å². The fourth-order valence-corrected chi connectivity index (χ4v) is 3.13. The topological polar surface area (TPSA) is 58.4 Å². The van der Waals surface area contributed by atoms with Crippen LogP contribution in [0.1, 0.15) is 17.2 Å². The highest BCUT2D eigenvalue weighted by Gasteiger charge is 2.39. The van der Waals surface area contributed by atoms with E-state index in [0.717, 1.165) is 18.8 Å². The smallest absolute Gasteiger partial charge is 0.308 e. The summed E-state index contributed by atoms with van der Waals surface area (Å²) in [7, 11) is 1.92. The molecule has 1 N–H and O–H groups in total. The van der Waals surface area contributed by atoms with Crippen molar-refractivity contribution in [3.8, 4) is 0 Å². The van der Waals surface area contributed by atoms with Gasteiger partial charge in [0.1, 0.15) is 0 Å². The molecule has 0 bridgehead atoms. The van der Waals surface area contributed by atoms with Gasteiger partial charge >= 0.3 is 5.97 Å². The molecule has 1 aromatic carbocycles. The first-order valence-corrected chi connectivity index (χ1v) is 7.10. The Morgan fingerprint density at radius 1 is 1.33 bits per heavy atom. The van der Waals surface area contributed by atoms with Crippen LogP contribution < -0.4 is 0 Å². The molecule has 2 heterocycles. The van der Waals surface area contributed by atoms with Crippen LogP contribution in [0.4, 0.5) is 0 Å². The number of aliphatic carboxylic acids is 1.